The molecule has 0 aliphatic carbocycles. The first kappa shape index (κ1) is 15.5. The molecule has 7 nitrogen and oxygen atoms in total. The van der Waals surface area contributed by atoms with E-state index < -0.39 is 29.8 Å². The van der Waals surface area contributed by atoms with Crippen LogP contribution in [-0.2, 0) is 14.3 Å². The molecule has 0 fully saturated rings. The molecular formula is C12H13FN2O5. The highest BCUT2D eigenvalue weighted by Gasteiger charge is 2.22. The predicted molar refractivity (Wildman–Crippen MR) is 64.3 cm³/mol. The summed E-state index contributed by atoms with van der Waals surface area (Å²) in [5.74, 6) is -3.32. The molecule has 8 heteroatoms. The first-order valence-electron chi connectivity index (χ1n) is 5.66. The first-order valence-corrected chi connectivity index (χ1v) is 5.66. The number of hydrogen-bond donors (Lipinski definition) is 2. The lowest BCUT2D eigenvalue weighted by molar-refractivity contribution is -0.142. The Bertz CT molecular complexity index is 503. The Kier molecular flexibility index (Phi) is 5.57. The van der Waals surface area contributed by atoms with E-state index in [2.05, 4.69) is 15.0 Å². The number of nitrogens with one attached hydrogen (secondary N) is 1. The lowest BCUT2D eigenvalue weighted by atomic mass is 10.1. The molecule has 0 saturated heterocycles. The topological polar surface area (TPSA) is 106 Å². The molecule has 2 N–H and O–H groups in total. The van der Waals surface area contributed by atoms with Crippen molar-refractivity contribution in [2.75, 3.05) is 7.11 Å². The largest absolute Gasteiger partial charge is 0.480 e. The number of carbonyl (C=O) groups is 3. The van der Waals surface area contributed by atoms with Gasteiger partial charge in [-0.05, 0) is 18.6 Å². The highest BCUT2D eigenvalue weighted by molar-refractivity contribution is 5.96. The summed E-state index contributed by atoms with van der Waals surface area (Å²) in [6, 6.07) is 0.919. The quantitative estimate of drug-likeness (QED) is 0.577. The second-order valence-electron chi connectivity index (χ2n) is 3.85. The van der Waals surface area contributed by atoms with Crippen molar-refractivity contribution in [3.05, 3.63) is 29.8 Å². The van der Waals surface area contributed by atoms with Gasteiger partial charge in [-0.3, -0.25) is 9.59 Å². The van der Waals surface area contributed by atoms with Crippen molar-refractivity contribution in [2.24, 2.45) is 0 Å². The van der Waals surface area contributed by atoms with Crippen LogP contribution in [0.4, 0.5) is 4.39 Å². The maximum absolute atomic E-state index is 12.6. The van der Waals surface area contributed by atoms with Gasteiger partial charge in [0.1, 0.15) is 6.04 Å². The van der Waals surface area contributed by atoms with Crippen LogP contribution in [-0.4, -0.2) is 41.1 Å². The molecule has 1 aromatic heterocycles. The number of hydrogen-bond acceptors (Lipinski definition) is 5. The van der Waals surface area contributed by atoms with Crippen molar-refractivity contribution in [3.63, 3.8) is 0 Å². The summed E-state index contributed by atoms with van der Waals surface area (Å²) in [5.41, 5.74) is 0.0238. The summed E-state index contributed by atoms with van der Waals surface area (Å²) in [5, 5.41) is 11.2. The Morgan fingerprint density at radius 3 is 2.65 bits per heavy atom. The van der Waals surface area contributed by atoms with Crippen LogP contribution in [0.1, 0.15) is 23.2 Å². The van der Waals surface area contributed by atoms with Crippen molar-refractivity contribution in [2.45, 2.75) is 18.9 Å². The molecule has 0 aromatic carbocycles. The number of rotatable bonds is 6. The first-order chi connectivity index (χ1) is 9.43. The molecule has 0 spiro atoms. The molecule has 0 bridgehead atoms. The lowest BCUT2D eigenvalue weighted by Crippen LogP contribution is -2.41. The maximum atomic E-state index is 12.6. The van der Waals surface area contributed by atoms with Crippen LogP contribution >= 0.6 is 0 Å². The minimum Gasteiger partial charge on any atom is -0.480 e. The van der Waals surface area contributed by atoms with Crippen molar-refractivity contribution in [1.82, 2.24) is 10.3 Å². The highest BCUT2D eigenvalue weighted by atomic mass is 19.1. The Balaban J connectivity index is 2.65. The number of amides is 1. The van der Waals surface area contributed by atoms with Crippen LogP contribution in [0.25, 0.3) is 0 Å². The smallest absolute Gasteiger partial charge is 0.326 e. The van der Waals surface area contributed by atoms with E-state index in [-0.39, 0.29) is 18.4 Å². The minimum atomic E-state index is -1.28. The third-order valence-electron chi connectivity index (χ3n) is 2.46. The molecular weight excluding hydrogens is 271 g/mol. The van der Waals surface area contributed by atoms with Crippen LogP contribution in [0.2, 0.25) is 0 Å². The van der Waals surface area contributed by atoms with Gasteiger partial charge in [-0.1, -0.05) is 0 Å². The number of halogens is 1. The lowest BCUT2D eigenvalue weighted by Gasteiger charge is -2.13. The molecule has 1 amide bonds. The highest BCUT2D eigenvalue weighted by Crippen LogP contribution is 2.03. The monoisotopic (exact) mass is 284 g/mol. The molecule has 1 rings (SSSR count). The molecule has 1 aromatic rings. The van der Waals surface area contributed by atoms with Gasteiger partial charge in [0, 0.05) is 12.6 Å². The van der Waals surface area contributed by atoms with Crippen LogP contribution in [0.3, 0.4) is 0 Å². The van der Waals surface area contributed by atoms with Gasteiger partial charge in [0.2, 0.25) is 5.95 Å². The number of aliphatic carboxylic acids is 1. The average Bonchev–Trinajstić information content (AvgIpc) is 2.43. The fraction of sp³-hybridized carbons (Fsp3) is 0.333. The number of carboxylic acids is 1. The second kappa shape index (κ2) is 7.17. The van der Waals surface area contributed by atoms with E-state index in [1.807, 2.05) is 0 Å². The van der Waals surface area contributed by atoms with E-state index in [4.69, 9.17) is 5.11 Å². The predicted octanol–water partition coefficient (Wildman–Crippen LogP) is 0.357. The van der Waals surface area contributed by atoms with E-state index in [1.54, 1.807) is 0 Å². The van der Waals surface area contributed by atoms with E-state index in [1.165, 1.54) is 13.2 Å². The number of esters is 1. The Morgan fingerprint density at radius 1 is 1.45 bits per heavy atom. The van der Waals surface area contributed by atoms with Gasteiger partial charge in [0.15, 0.2) is 0 Å². The van der Waals surface area contributed by atoms with Crippen molar-refractivity contribution in [1.29, 1.82) is 0 Å². The van der Waals surface area contributed by atoms with Gasteiger partial charge in [-0.2, -0.15) is 4.39 Å². The molecule has 108 valence electrons. The van der Waals surface area contributed by atoms with Crippen LogP contribution < -0.4 is 5.32 Å². The zero-order valence-electron chi connectivity index (χ0n) is 10.6. The molecule has 0 aliphatic rings. The maximum Gasteiger partial charge on any atom is 0.326 e. The van der Waals surface area contributed by atoms with Gasteiger partial charge in [0.05, 0.1) is 12.7 Å². The fourth-order valence-electron chi connectivity index (χ4n) is 1.37. The molecule has 0 saturated carbocycles. The number of aromatic nitrogens is 1. The summed E-state index contributed by atoms with van der Waals surface area (Å²) in [7, 11) is 1.18. The third kappa shape index (κ3) is 4.63. The van der Waals surface area contributed by atoms with E-state index in [0.717, 1.165) is 12.3 Å². The zero-order valence-corrected chi connectivity index (χ0v) is 10.6. The Morgan fingerprint density at radius 2 is 2.15 bits per heavy atom. The normalized spacial score (nSPS) is 11.5. The second-order valence-corrected chi connectivity index (χ2v) is 3.85. The van der Waals surface area contributed by atoms with Gasteiger partial charge in [0.25, 0.3) is 5.91 Å². The Hall–Kier alpha value is -2.51. The van der Waals surface area contributed by atoms with Crippen molar-refractivity contribution in [3.8, 4) is 0 Å². The number of methoxy groups -OCH3 is 1. The Labute approximate surface area is 113 Å². The number of carbonyl (C=O) groups excluding carboxylic acids is 2. The van der Waals surface area contributed by atoms with E-state index >= 15 is 0 Å². The SMILES string of the molecule is COC(=O)CC[C@H](NC(=O)c1ccc(F)nc1)C(=O)O. The summed E-state index contributed by atoms with van der Waals surface area (Å²) < 4.78 is 17.0. The van der Waals surface area contributed by atoms with Crippen molar-refractivity contribution < 1.29 is 28.6 Å². The number of nitrogens with zero attached hydrogens (tertiary/aromatic N) is 1. The van der Waals surface area contributed by atoms with Gasteiger partial charge < -0.3 is 15.2 Å². The number of carboxylic acid groups (broad SMARTS) is 1. The van der Waals surface area contributed by atoms with Crippen LogP contribution in [0, 0.1) is 5.95 Å². The van der Waals surface area contributed by atoms with E-state index in [0.29, 0.717) is 0 Å². The summed E-state index contributed by atoms with van der Waals surface area (Å²) >= 11 is 0. The standard InChI is InChI=1S/C12H13FN2O5/c1-20-10(16)5-3-8(12(18)19)15-11(17)7-2-4-9(13)14-6-7/h2,4,6,8H,3,5H2,1H3,(H,15,17)(H,18,19)/t8-/m0/s1. The molecule has 1 atom stereocenters. The third-order valence-corrected chi connectivity index (χ3v) is 2.46. The molecule has 20 heavy (non-hydrogen) atoms. The number of ether oxygens (including phenoxy) is 1. The summed E-state index contributed by atoms with van der Waals surface area (Å²) in [6.45, 7) is 0. The van der Waals surface area contributed by atoms with Crippen LogP contribution in [0.15, 0.2) is 18.3 Å². The molecule has 0 radical (unpaired) electrons. The summed E-state index contributed by atoms with van der Waals surface area (Å²) in [4.78, 5) is 37.0. The number of pyridine rings is 1. The minimum absolute atomic E-state index is 0.0238. The van der Waals surface area contributed by atoms with Gasteiger partial charge >= 0.3 is 11.9 Å². The van der Waals surface area contributed by atoms with Gasteiger partial charge in [-0.15, -0.1) is 0 Å². The summed E-state index contributed by atoms with van der Waals surface area (Å²) in [6.07, 6.45) is 0.738. The van der Waals surface area contributed by atoms with Crippen LogP contribution in [0.5, 0.6) is 0 Å². The fourth-order valence-corrected chi connectivity index (χ4v) is 1.37. The average molecular weight is 284 g/mol. The van der Waals surface area contributed by atoms with Gasteiger partial charge in [-0.25, -0.2) is 9.78 Å². The zero-order chi connectivity index (χ0) is 15.1. The molecule has 1 heterocycles. The van der Waals surface area contributed by atoms with Crippen molar-refractivity contribution >= 4 is 17.8 Å². The molecule has 0 unspecified atom stereocenters. The molecule has 0 aliphatic heterocycles. The van der Waals surface area contributed by atoms with E-state index in [9.17, 15) is 18.8 Å².